The number of allylic oxidation sites excluding steroid dienone is 4. The third-order valence-corrected chi connectivity index (χ3v) is 18.3. The minimum Gasteiger partial charge on any atom is -0.462 e. The number of carbonyl (C=O) groups is 4. The molecule has 0 rings (SSSR count). The van der Waals surface area contributed by atoms with Gasteiger partial charge in [0.05, 0.1) is 26.4 Å². The van der Waals surface area contributed by atoms with Crippen LogP contribution in [0.3, 0.4) is 0 Å². The van der Waals surface area contributed by atoms with Crippen molar-refractivity contribution in [3.05, 3.63) is 24.3 Å². The van der Waals surface area contributed by atoms with Crippen LogP contribution < -0.4 is 0 Å². The Balaban J connectivity index is 5.28. The van der Waals surface area contributed by atoms with Gasteiger partial charge in [-0.2, -0.15) is 0 Å². The zero-order valence-corrected chi connectivity index (χ0v) is 60.6. The van der Waals surface area contributed by atoms with Crippen LogP contribution in [0.25, 0.3) is 0 Å². The molecule has 0 saturated carbocycles. The van der Waals surface area contributed by atoms with E-state index < -0.39 is 97.5 Å². The van der Waals surface area contributed by atoms with Crippen LogP contribution in [-0.4, -0.2) is 96.7 Å². The Labute approximate surface area is 554 Å². The minimum absolute atomic E-state index is 0.0837. The molecule has 19 heteroatoms. The standard InChI is InChI=1S/C72H136O17P2/c1-8-10-11-12-13-14-15-16-17-20-23-26-31-41-48-55-71(76)88-67(59-82-69(74)53-46-39-33-28-30-37-44-51-64(5)6)61-86-90(78,79)84-57-66(73)58-85-91(80,81)87-62-68(60-83-70(75)54-47-40-35-34-38-45-52-65(7)9-2)89-72(77)56-49-42-32-27-24-21-18-19-22-25-29-36-43-50-63(3)4/h14-17,63-68,73H,8-13,18-62H2,1-7H3,(H,78,79)(H,80,81)/b15-14-,17-16-/t65?,66-,67-,68-/m1/s1. The zero-order valence-electron chi connectivity index (χ0n) is 58.8. The van der Waals surface area contributed by atoms with E-state index in [1.807, 2.05) is 0 Å². The Bertz CT molecular complexity index is 1880. The van der Waals surface area contributed by atoms with E-state index in [1.54, 1.807) is 0 Å². The number of aliphatic hydroxyl groups excluding tert-OH is 1. The smallest absolute Gasteiger partial charge is 0.462 e. The van der Waals surface area contributed by atoms with Crippen molar-refractivity contribution in [3.63, 3.8) is 0 Å². The van der Waals surface area contributed by atoms with Crippen molar-refractivity contribution in [2.24, 2.45) is 17.8 Å². The van der Waals surface area contributed by atoms with Crippen molar-refractivity contribution in [1.82, 2.24) is 0 Å². The highest BCUT2D eigenvalue weighted by atomic mass is 31.2. The maximum Gasteiger partial charge on any atom is 0.472 e. The van der Waals surface area contributed by atoms with Gasteiger partial charge in [0.2, 0.25) is 0 Å². The molecule has 0 saturated heterocycles. The summed E-state index contributed by atoms with van der Waals surface area (Å²) in [5.74, 6) is 0.0595. The number of unbranched alkanes of at least 4 members (excludes halogenated alkanes) is 32. The predicted octanol–water partition coefficient (Wildman–Crippen LogP) is 20.2. The first-order valence-electron chi connectivity index (χ1n) is 36.7. The fraction of sp³-hybridized carbons (Fsp3) is 0.889. The number of rotatable bonds is 68. The molecule has 0 radical (unpaired) electrons. The Morgan fingerprint density at radius 1 is 0.363 bits per heavy atom. The molecule has 0 aliphatic heterocycles. The molecular weight excluding hydrogens is 1200 g/mol. The van der Waals surface area contributed by atoms with Gasteiger partial charge in [-0.05, 0) is 69.1 Å². The summed E-state index contributed by atoms with van der Waals surface area (Å²) in [6, 6.07) is 0. The summed E-state index contributed by atoms with van der Waals surface area (Å²) in [4.78, 5) is 72.6. The topological polar surface area (TPSA) is 237 Å². The molecule has 6 atom stereocenters. The SMILES string of the molecule is CCCCCC/C=C\C=C/CCCCCCCC(=O)O[C@H](COC(=O)CCCCCCCCCC(C)C)COP(=O)(O)OC[C@@H](O)COP(=O)(O)OC[C@@H](COC(=O)CCCCCCCCC(C)CC)OC(=O)CCCCCCCCCCCCCCCC(C)C. The van der Waals surface area contributed by atoms with Gasteiger partial charge in [0.1, 0.15) is 19.3 Å². The van der Waals surface area contributed by atoms with Gasteiger partial charge >= 0.3 is 39.5 Å². The molecule has 3 N–H and O–H groups in total. The number of hydrogen-bond donors (Lipinski definition) is 3. The van der Waals surface area contributed by atoms with E-state index >= 15 is 0 Å². The number of carbonyl (C=O) groups excluding carboxylic acids is 4. The lowest BCUT2D eigenvalue weighted by Gasteiger charge is -2.21. The molecule has 0 amide bonds. The maximum atomic E-state index is 13.0. The Morgan fingerprint density at radius 2 is 0.648 bits per heavy atom. The molecule has 0 aromatic carbocycles. The van der Waals surface area contributed by atoms with Crippen LogP contribution in [0.4, 0.5) is 0 Å². The lowest BCUT2D eigenvalue weighted by atomic mass is 10.00. The van der Waals surface area contributed by atoms with Crippen LogP contribution in [0.5, 0.6) is 0 Å². The number of phosphoric acid groups is 2. The molecule has 0 aromatic heterocycles. The molecule has 0 aliphatic carbocycles. The molecule has 0 aromatic rings. The fourth-order valence-corrected chi connectivity index (χ4v) is 11.9. The summed E-state index contributed by atoms with van der Waals surface area (Å²) in [6.45, 7) is 11.7. The lowest BCUT2D eigenvalue weighted by molar-refractivity contribution is -0.161. The summed E-state index contributed by atoms with van der Waals surface area (Å²) in [6.07, 6.45) is 49.5. The molecule has 91 heavy (non-hydrogen) atoms. The molecule has 0 heterocycles. The van der Waals surface area contributed by atoms with E-state index in [1.165, 1.54) is 122 Å². The monoisotopic (exact) mass is 1330 g/mol. The first-order chi connectivity index (χ1) is 43.8. The van der Waals surface area contributed by atoms with Crippen molar-refractivity contribution in [2.45, 2.75) is 356 Å². The van der Waals surface area contributed by atoms with Gasteiger partial charge in [0.25, 0.3) is 0 Å². The van der Waals surface area contributed by atoms with Gasteiger partial charge in [-0.25, -0.2) is 9.13 Å². The van der Waals surface area contributed by atoms with Gasteiger partial charge in [-0.15, -0.1) is 0 Å². The highest BCUT2D eigenvalue weighted by Gasteiger charge is 2.30. The first-order valence-corrected chi connectivity index (χ1v) is 39.7. The normalized spacial score (nSPS) is 14.6. The van der Waals surface area contributed by atoms with Crippen LogP contribution in [0, 0.1) is 17.8 Å². The molecule has 3 unspecified atom stereocenters. The van der Waals surface area contributed by atoms with Crippen LogP contribution in [0.2, 0.25) is 0 Å². The van der Waals surface area contributed by atoms with Crippen molar-refractivity contribution < 1.29 is 80.2 Å². The van der Waals surface area contributed by atoms with E-state index in [-0.39, 0.29) is 25.7 Å². The minimum atomic E-state index is -4.96. The van der Waals surface area contributed by atoms with Gasteiger partial charge in [0.15, 0.2) is 12.2 Å². The molecule has 0 bridgehead atoms. The number of aliphatic hydroxyl groups is 1. The second-order valence-corrected chi connectivity index (χ2v) is 29.4. The molecule has 17 nitrogen and oxygen atoms in total. The Hall–Kier alpha value is -2.46. The summed E-state index contributed by atoms with van der Waals surface area (Å²) in [5, 5.41) is 10.6. The van der Waals surface area contributed by atoms with E-state index in [0.29, 0.717) is 31.6 Å². The van der Waals surface area contributed by atoms with Crippen LogP contribution in [-0.2, 0) is 65.4 Å². The van der Waals surface area contributed by atoms with Crippen LogP contribution in [0.15, 0.2) is 24.3 Å². The zero-order chi connectivity index (χ0) is 67.3. The van der Waals surface area contributed by atoms with E-state index in [9.17, 15) is 43.2 Å². The quantitative estimate of drug-likeness (QED) is 0.0169. The number of ether oxygens (including phenoxy) is 4. The summed E-state index contributed by atoms with van der Waals surface area (Å²) < 4.78 is 68.3. The van der Waals surface area contributed by atoms with Crippen molar-refractivity contribution in [3.8, 4) is 0 Å². The second kappa shape index (κ2) is 62.4. The Kier molecular flexibility index (Phi) is 60.7. The average molecular weight is 1340 g/mol. The summed E-state index contributed by atoms with van der Waals surface area (Å²) in [7, 11) is -9.92. The van der Waals surface area contributed by atoms with Gasteiger partial charge < -0.3 is 33.8 Å². The number of esters is 4. The predicted molar refractivity (Wildman–Crippen MR) is 367 cm³/mol. The van der Waals surface area contributed by atoms with Crippen LogP contribution in [0.1, 0.15) is 337 Å². The highest BCUT2D eigenvalue weighted by Crippen LogP contribution is 2.45. The van der Waals surface area contributed by atoms with E-state index in [2.05, 4.69) is 72.8 Å². The number of hydrogen-bond acceptors (Lipinski definition) is 15. The second-order valence-electron chi connectivity index (χ2n) is 26.5. The van der Waals surface area contributed by atoms with Crippen molar-refractivity contribution >= 4 is 39.5 Å². The average Bonchev–Trinajstić information content (AvgIpc) is 2.93. The maximum absolute atomic E-state index is 13.0. The van der Waals surface area contributed by atoms with Gasteiger partial charge in [0, 0.05) is 25.7 Å². The molecule has 0 spiro atoms. The largest absolute Gasteiger partial charge is 0.472 e. The van der Waals surface area contributed by atoms with Gasteiger partial charge in [-0.1, -0.05) is 285 Å². The van der Waals surface area contributed by atoms with Crippen molar-refractivity contribution in [2.75, 3.05) is 39.6 Å². The number of phosphoric ester groups is 2. The highest BCUT2D eigenvalue weighted by molar-refractivity contribution is 7.47. The summed E-state index contributed by atoms with van der Waals surface area (Å²) >= 11 is 0. The van der Waals surface area contributed by atoms with Crippen molar-refractivity contribution in [1.29, 1.82) is 0 Å². The molecule has 0 fully saturated rings. The first kappa shape index (κ1) is 88.5. The van der Waals surface area contributed by atoms with E-state index in [0.717, 1.165) is 127 Å². The third-order valence-electron chi connectivity index (χ3n) is 16.4. The molecular formula is C72H136O17P2. The van der Waals surface area contributed by atoms with Crippen LogP contribution >= 0.6 is 15.6 Å². The lowest BCUT2D eigenvalue weighted by Crippen LogP contribution is -2.30. The van der Waals surface area contributed by atoms with Gasteiger partial charge in [-0.3, -0.25) is 37.3 Å². The molecule has 536 valence electrons. The molecule has 0 aliphatic rings. The summed E-state index contributed by atoms with van der Waals surface area (Å²) in [5.41, 5.74) is 0. The Morgan fingerprint density at radius 3 is 0.978 bits per heavy atom. The third kappa shape index (κ3) is 64.6. The fourth-order valence-electron chi connectivity index (χ4n) is 10.3. The van der Waals surface area contributed by atoms with E-state index in [4.69, 9.17) is 37.0 Å².